The minimum atomic E-state index is -0.543. The predicted octanol–water partition coefficient (Wildman–Crippen LogP) is 1.18. The van der Waals surface area contributed by atoms with Gasteiger partial charge in [-0.3, -0.25) is 0 Å². The number of aromatic nitrogens is 1. The van der Waals surface area contributed by atoms with E-state index in [1.165, 1.54) is 19.2 Å². The van der Waals surface area contributed by atoms with Crippen molar-refractivity contribution in [2.75, 3.05) is 7.11 Å². The fourth-order valence-electron chi connectivity index (χ4n) is 1.26. The zero-order chi connectivity index (χ0) is 9.47. The molecule has 1 aliphatic rings. The first kappa shape index (κ1) is 8.44. The van der Waals surface area contributed by atoms with E-state index >= 15 is 0 Å². The van der Waals surface area contributed by atoms with Crippen LogP contribution in [0.3, 0.4) is 0 Å². The molecule has 1 aliphatic carbocycles. The number of hydrogen-bond donors (Lipinski definition) is 1. The highest BCUT2D eigenvalue weighted by Gasteiger charge is 2.43. The zero-order valence-electron chi connectivity index (χ0n) is 7.38. The second kappa shape index (κ2) is 2.67. The molecule has 2 rings (SSSR count). The Morgan fingerprint density at radius 3 is 2.77 bits per heavy atom. The Morgan fingerprint density at radius 2 is 2.23 bits per heavy atom. The van der Waals surface area contributed by atoms with Crippen LogP contribution < -0.4 is 10.5 Å². The predicted molar refractivity (Wildman–Crippen MR) is 45.8 cm³/mol. The number of nitrogens with zero attached hydrogens (tertiary/aromatic N) is 1. The SMILES string of the molecule is COc1ccc(F)c(C2(N)CC2)n1. The first-order valence-electron chi connectivity index (χ1n) is 4.16. The largest absolute Gasteiger partial charge is 0.481 e. The van der Waals surface area contributed by atoms with Gasteiger partial charge in [-0.25, -0.2) is 9.37 Å². The molecule has 0 aromatic carbocycles. The number of hydrogen-bond acceptors (Lipinski definition) is 3. The maximum Gasteiger partial charge on any atom is 0.213 e. The van der Waals surface area contributed by atoms with Gasteiger partial charge in [0.25, 0.3) is 0 Å². The second-order valence-electron chi connectivity index (χ2n) is 3.34. The van der Waals surface area contributed by atoms with E-state index in [2.05, 4.69) is 4.98 Å². The van der Waals surface area contributed by atoms with Crippen molar-refractivity contribution < 1.29 is 9.13 Å². The van der Waals surface area contributed by atoms with E-state index in [0.29, 0.717) is 11.6 Å². The fraction of sp³-hybridized carbons (Fsp3) is 0.444. The monoisotopic (exact) mass is 182 g/mol. The number of methoxy groups -OCH3 is 1. The molecule has 70 valence electrons. The number of rotatable bonds is 2. The van der Waals surface area contributed by atoms with Crippen molar-refractivity contribution in [1.29, 1.82) is 0 Å². The Hall–Kier alpha value is -1.16. The number of halogens is 1. The summed E-state index contributed by atoms with van der Waals surface area (Å²) in [4.78, 5) is 4.00. The van der Waals surface area contributed by atoms with E-state index in [4.69, 9.17) is 10.5 Å². The lowest BCUT2D eigenvalue weighted by molar-refractivity contribution is 0.390. The topological polar surface area (TPSA) is 48.1 Å². The summed E-state index contributed by atoms with van der Waals surface area (Å²) in [5, 5.41) is 0. The van der Waals surface area contributed by atoms with Gasteiger partial charge in [-0.1, -0.05) is 0 Å². The molecule has 1 aromatic rings. The maximum absolute atomic E-state index is 13.2. The summed E-state index contributed by atoms with van der Waals surface area (Å²) in [6, 6.07) is 2.83. The molecule has 0 radical (unpaired) electrons. The summed E-state index contributed by atoms with van der Waals surface area (Å²) in [5.74, 6) is 0.0638. The van der Waals surface area contributed by atoms with Crippen molar-refractivity contribution >= 4 is 0 Å². The first-order valence-corrected chi connectivity index (χ1v) is 4.16. The molecule has 1 aromatic heterocycles. The molecule has 4 heteroatoms. The van der Waals surface area contributed by atoms with E-state index in [9.17, 15) is 4.39 Å². The Labute approximate surface area is 75.7 Å². The second-order valence-corrected chi connectivity index (χ2v) is 3.34. The van der Waals surface area contributed by atoms with Crippen LogP contribution in [-0.2, 0) is 5.54 Å². The lowest BCUT2D eigenvalue weighted by Crippen LogP contribution is -2.22. The average molecular weight is 182 g/mol. The minimum Gasteiger partial charge on any atom is -0.481 e. The van der Waals surface area contributed by atoms with E-state index in [1.54, 1.807) is 0 Å². The van der Waals surface area contributed by atoms with Crippen LogP contribution in [0.2, 0.25) is 0 Å². The van der Waals surface area contributed by atoms with E-state index in [1.807, 2.05) is 0 Å². The Morgan fingerprint density at radius 1 is 1.54 bits per heavy atom. The van der Waals surface area contributed by atoms with Gasteiger partial charge in [-0.2, -0.15) is 0 Å². The molecule has 0 spiro atoms. The molecule has 0 atom stereocenters. The zero-order valence-corrected chi connectivity index (χ0v) is 7.38. The molecule has 0 amide bonds. The number of nitrogens with two attached hydrogens (primary N) is 1. The Kier molecular flexibility index (Phi) is 1.73. The van der Waals surface area contributed by atoms with Gasteiger partial charge in [0, 0.05) is 6.07 Å². The number of pyridine rings is 1. The summed E-state index contributed by atoms with van der Waals surface area (Å²) in [5.41, 5.74) is 5.62. The molecule has 0 bridgehead atoms. The van der Waals surface area contributed by atoms with Crippen molar-refractivity contribution in [1.82, 2.24) is 4.98 Å². The van der Waals surface area contributed by atoms with Gasteiger partial charge in [0.2, 0.25) is 5.88 Å². The van der Waals surface area contributed by atoms with Crippen LogP contribution in [0.1, 0.15) is 18.5 Å². The van der Waals surface area contributed by atoms with Gasteiger partial charge in [0.05, 0.1) is 18.3 Å². The third-order valence-corrected chi connectivity index (χ3v) is 2.29. The van der Waals surface area contributed by atoms with Crippen molar-refractivity contribution in [3.63, 3.8) is 0 Å². The molecule has 1 saturated carbocycles. The molecule has 2 N–H and O–H groups in total. The highest BCUT2D eigenvalue weighted by molar-refractivity contribution is 5.27. The van der Waals surface area contributed by atoms with E-state index in [0.717, 1.165) is 12.8 Å². The van der Waals surface area contributed by atoms with Crippen molar-refractivity contribution in [3.8, 4) is 5.88 Å². The van der Waals surface area contributed by atoms with Crippen LogP contribution in [-0.4, -0.2) is 12.1 Å². The van der Waals surface area contributed by atoms with Gasteiger partial charge in [-0.15, -0.1) is 0 Å². The summed E-state index contributed by atoms with van der Waals surface area (Å²) in [7, 11) is 1.50. The lowest BCUT2D eigenvalue weighted by atomic mass is 10.1. The van der Waals surface area contributed by atoms with Crippen LogP contribution in [0.15, 0.2) is 12.1 Å². The van der Waals surface area contributed by atoms with Crippen LogP contribution >= 0.6 is 0 Å². The fourth-order valence-corrected chi connectivity index (χ4v) is 1.26. The van der Waals surface area contributed by atoms with E-state index < -0.39 is 5.54 Å². The normalized spacial score (nSPS) is 18.4. The Bertz CT molecular complexity index is 336. The summed E-state index contributed by atoms with van der Waals surface area (Å²) < 4.78 is 18.1. The minimum absolute atomic E-state index is 0.326. The first-order chi connectivity index (χ1) is 6.15. The molecule has 13 heavy (non-hydrogen) atoms. The molecule has 0 saturated heterocycles. The number of ether oxygens (including phenoxy) is 1. The standard InChI is InChI=1S/C9H11FN2O/c1-13-7-3-2-6(10)8(12-7)9(11)4-5-9/h2-3H,4-5,11H2,1H3. The van der Waals surface area contributed by atoms with Crippen molar-refractivity contribution in [2.45, 2.75) is 18.4 Å². The van der Waals surface area contributed by atoms with Crippen LogP contribution in [0.25, 0.3) is 0 Å². The summed E-state index contributed by atoms with van der Waals surface area (Å²) in [6.07, 6.45) is 1.59. The van der Waals surface area contributed by atoms with Crippen LogP contribution in [0, 0.1) is 5.82 Å². The van der Waals surface area contributed by atoms with Crippen LogP contribution in [0.4, 0.5) is 4.39 Å². The van der Waals surface area contributed by atoms with Crippen molar-refractivity contribution in [3.05, 3.63) is 23.6 Å². The highest BCUT2D eigenvalue weighted by atomic mass is 19.1. The molecule has 1 fully saturated rings. The third kappa shape index (κ3) is 1.37. The highest BCUT2D eigenvalue weighted by Crippen LogP contribution is 2.43. The maximum atomic E-state index is 13.2. The van der Waals surface area contributed by atoms with Crippen molar-refractivity contribution in [2.24, 2.45) is 5.73 Å². The smallest absolute Gasteiger partial charge is 0.213 e. The van der Waals surface area contributed by atoms with E-state index in [-0.39, 0.29) is 5.82 Å². The van der Waals surface area contributed by atoms with Gasteiger partial charge in [0.1, 0.15) is 5.82 Å². The van der Waals surface area contributed by atoms with Gasteiger partial charge < -0.3 is 10.5 Å². The summed E-state index contributed by atoms with van der Waals surface area (Å²) in [6.45, 7) is 0. The van der Waals surface area contributed by atoms with Gasteiger partial charge in [-0.05, 0) is 18.9 Å². The van der Waals surface area contributed by atoms with Gasteiger partial charge >= 0.3 is 0 Å². The lowest BCUT2D eigenvalue weighted by Gasteiger charge is -2.09. The molecular weight excluding hydrogens is 171 g/mol. The van der Waals surface area contributed by atoms with Crippen LogP contribution in [0.5, 0.6) is 5.88 Å². The molecule has 3 nitrogen and oxygen atoms in total. The molecule has 0 unspecified atom stereocenters. The Balaban J connectivity index is 2.43. The third-order valence-electron chi connectivity index (χ3n) is 2.29. The summed E-state index contributed by atoms with van der Waals surface area (Å²) >= 11 is 0. The van der Waals surface area contributed by atoms with Gasteiger partial charge in [0.15, 0.2) is 0 Å². The molecule has 1 heterocycles. The average Bonchev–Trinajstić information content (AvgIpc) is 2.86. The molecular formula is C9H11FN2O. The quantitative estimate of drug-likeness (QED) is 0.747. The molecule has 0 aliphatic heterocycles.